The van der Waals surface area contributed by atoms with Crippen molar-refractivity contribution in [3.05, 3.63) is 43.5 Å². The van der Waals surface area contributed by atoms with Crippen LogP contribution in [0.4, 0.5) is 0 Å². The molecule has 27 heavy (non-hydrogen) atoms. The van der Waals surface area contributed by atoms with E-state index in [2.05, 4.69) is 16.8 Å². The van der Waals surface area contributed by atoms with E-state index < -0.39 is 0 Å². The van der Waals surface area contributed by atoms with Crippen LogP contribution < -0.4 is 4.74 Å². The molecule has 0 N–H and O–H groups in total. The van der Waals surface area contributed by atoms with E-state index in [-0.39, 0.29) is 18.1 Å². The molecule has 1 fully saturated rings. The second-order valence-electron chi connectivity index (χ2n) is 6.85. The average Bonchev–Trinajstić information content (AvgIpc) is 3.40. The van der Waals surface area contributed by atoms with E-state index >= 15 is 0 Å². The van der Waals surface area contributed by atoms with Crippen molar-refractivity contribution in [1.29, 1.82) is 0 Å². The van der Waals surface area contributed by atoms with Crippen LogP contribution in [-0.2, 0) is 11.8 Å². The summed E-state index contributed by atoms with van der Waals surface area (Å²) in [6, 6.07) is 2.04. The summed E-state index contributed by atoms with van der Waals surface area (Å²) in [5.41, 5.74) is 2.48. The van der Waals surface area contributed by atoms with Crippen molar-refractivity contribution < 1.29 is 9.53 Å². The minimum Gasteiger partial charge on any atom is -0.473 e. The molecule has 1 aliphatic carbocycles. The maximum absolute atomic E-state index is 11.8. The number of aromatic nitrogens is 5. The Morgan fingerprint density at radius 3 is 2.96 bits per heavy atom. The van der Waals surface area contributed by atoms with Gasteiger partial charge in [-0.1, -0.05) is 6.58 Å². The van der Waals surface area contributed by atoms with E-state index in [1.165, 1.54) is 6.08 Å². The number of hydrogen-bond donors (Lipinski definition) is 0. The van der Waals surface area contributed by atoms with Crippen LogP contribution in [0, 0.1) is 0 Å². The van der Waals surface area contributed by atoms with Crippen molar-refractivity contribution >= 4 is 11.4 Å². The quantitative estimate of drug-likeness (QED) is 0.646. The molecule has 0 saturated heterocycles. The van der Waals surface area contributed by atoms with Crippen molar-refractivity contribution in [2.45, 2.75) is 31.4 Å². The number of hydrogen-bond acceptors (Lipinski definition) is 5. The van der Waals surface area contributed by atoms with Gasteiger partial charge in [0.1, 0.15) is 11.6 Å². The molecule has 0 aromatic carbocycles. The van der Waals surface area contributed by atoms with E-state index in [9.17, 15) is 4.79 Å². The Kier molecular flexibility index (Phi) is 4.39. The number of rotatable bonds is 5. The maximum Gasteiger partial charge on any atom is 0.245 e. The molecule has 1 amide bonds. The topological polar surface area (TPSA) is 77.6 Å². The van der Waals surface area contributed by atoms with Gasteiger partial charge >= 0.3 is 0 Å². The summed E-state index contributed by atoms with van der Waals surface area (Å²) in [7, 11) is 3.68. The number of aryl methyl sites for hydroxylation is 1. The highest BCUT2D eigenvalue weighted by Crippen LogP contribution is 2.30. The molecule has 0 aliphatic heterocycles. The van der Waals surface area contributed by atoms with Crippen LogP contribution in [0.25, 0.3) is 16.8 Å². The monoisotopic (exact) mass is 366 g/mol. The molecule has 0 spiro atoms. The number of amides is 1. The Labute approximate surface area is 157 Å². The second-order valence-corrected chi connectivity index (χ2v) is 6.85. The Hall–Kier alpha value is -3.16. The molecule has 3 heterocycles. The van der Waals surface area contributed by atoms with Crippen LogP contribution >= 0.6 is 0 Å². The van der Waals surface area contributed by atoms with E-state index in [0.717, 1.165) is 36.0 Å². The molecular formula is C19H22N6O2. The fourth-order valence-electron chi connectivity index (χ4n) is 3.54. The fraction of sp³-hybridized carbons (Fsp3) is 0.368. The van der Waals surface area contributed by atoms with Crippen LogP contribution in [-0.4, -0.2) is 54.4 Å². The molecule has 1 saturated carbocycles. The first-order chi connectivity index (χ1) is 13.0. The van der Waals surface area contributed by atoms with Crippen LogP contribution in [0.1, 0.15) is 19.3 Å². The van der Waals surface area contributed by atoms with Crippen molar-refractivity contribution in [2.75, 3.05) is 7.05 Å². The molecule has 4 rings (SSSR count). The highest BCUT2D eigenvalue weighted by atomic mass is 16.5. The number of fused-ring (bicyclic) bond motifs is 1. The molecule has 1 aliphatic rings. The third kappa shape index (κ3) is 3.30. The zero-order valence-corrected chi connectivity index (χ0v) is 15.4. The first-order valence-electron chi connectivity index (χ1n) is 8.94. The van der Waals surface area contributed by atoms with E-state index in [1.807, 2.05) is 32.6 Å². The minimum absolute atomic E-state index is 0.00501. The third-order valence-electron chi connectivity index (χ3n) is 5.06. The molecule has 2 atom stereocenters. The lowest BCUT2D eigenvalue weighted by atomic mass is 10.2. The van der Waals surface area contributed by atoms with Gasteiger partial charge in [-0.2, -0.15) is 10.2 Å². The van der Waals surface area contributed by atoms with Gasteiger partial charge in [0.25, 0.3) is 0 Å². The third-order valence-corrected chi connectivity index (χ3v) is 5.06. The lowest BCUT2D eigenvalue weighted by Gasteiger charge is -2.23. The highest BCUT2D eigenvalue weighted by molar-refractivity contribution is 5.87. The van der Waals surface area contributed by atoms with Gasteiger partial charge in [-0.3, -0.25) is 9.48 Å². The Balaban J connectivity index is 1.58. The minimum atomic E-state index is -0.0597. The predicted octanol–water partition coefficient (Wildman–Crippen LogP) is 2.07. The Morgan fingerprint density at radius 1 is 1.37 bits per heavy atom. The molecular weight excluding hydrogens is 344 g/mol. The van der Waals surface area contributed by atoms with Gasteiger partial charge < -0.3 is 9.64 Å². The van der Waals surface area contributed by atoms with Gasteiger partial charge in [-0.25, -0.2) is 9.50 Å². The van der Waals surface area contributed by atoms with Crippen LogP contribution in [0.15, 0.2) is 43.5 Å². The summed E-state index contributed by atoms with van der Waals surface area (Å²) in [4.78, 5) is 18.3. The smallest absolute Gasteiger partial charge is 0.245 e. The van der Waals surface area contributed by atoms with Gasteiger partial charge in [-0.05, 0) is 25.0 Å². The van der Waals surface area contributed by atoms with Gasteiger partial charge in [0, 0.05) is 38.3 Å². The molecule has 140 valence electrons. The molecule has 3 aromatic rings. The van der Waals surface area contributed by atoms with Crippen molar-refractivity contribution in [1.82, 2.24) is 29.3 Å². The Morgan fingerprint density at radius 2 is 2.22 bits per heavy atom. The largest absolute Gasteiger partial charge is 0.473 e. The van der Waals surface area contributed by atoms with Crippen LogP contribution in [0.5, 0.6) is 5.88 Å². The SMILES string of the molecule is C=CC(=O)N(C)[C@H]1CC[C@@H](Oc2nc(-c3cnn(C)c3)cn3nccc23)C1. The van der Waals surface area contributed by atoms with Gasteiger partial charge in [0.05, 0.1) is 24.3 Å². The Bertz CT molecular complexity index is 991. The van der Waals surface area contributed by atoms with Crippen molar-refractivity contribution in [3.8, 4) is 17.1 Å². The predicted molar refractivity (Wildman–Crippen MR) is 100 cm³/mol. The molecule has 8 nitrogen and oxygen atoms in total. The zero-order valence-electron chi connectivity index (χ0n) is 15.4. The standard InChI is InChI=1S/C19H22N6O2/c1-4-18(26)24(3)14-5-6-15(9-14)27-19-17-7-8-20-25(17)12-16(22-19)13-10-21-23(2)11-13/h4,7-8,10-12,14-15H,1,5-6,9H2,2-3H3/t14-,15+/m0/s1. The summed E-state index contributed by atoms with van der Waals surface area (Å²) < 4.78 is 9.75. The normalized spacial score (nSPS) is 19.3. The van der Waals surface area contributed by atoms with E-state index in [1.54, 1.807) is 26.5 Å². The van der Waals surface area contributed by atoms with Crippen molar-refractivity contribution in [2.24, 2.45) is 7.05 Å². The summed E-state index contributed by atoms with van der Waals surface area (Å²) >= 11 is 0. The molecule has 0 unspecified atom stereocenters. The number of nitrogens with zero attached hydrogens (tertiary/aromatic N) is 6. The van der Waals surface area contributed by atoms with Crippen LogP contribution in [0.2, 0.25) is 0 Å². The number of likely N-dealkylation sites (N-methyl/N-ethyl adjacent to an activating group) is 1. The van der Waals surface area contributed by atoms with E-state index in [4.69, 9.17) is 9.72 Å². The fourth-order valence-corrected chi connectivity index (χ4v) is 3.54. The molecule has 3 aromatic heterocycles. The van der Waals surface area contributed by atoms with Crippen LogP contribution in [0.3, 0.4) is 0 Å². The zero-order chi connectivity index (χ0) is 19.0. The average molecular weight is 366 g/mol. The lowest BCUT2D eigenvalue weighted by Crippen LogP contribution is -2.34. The second kappa shape index (κ2) is 6.86. The maximum atomic E-state index is 11.8. The summed E-state index contributed by atoms with van der Waals surface area (Å²) in [6.07, 6.45) is 11.2. The molecule has 0 radical (unpaired) electrons. The van der Waals surface area contributed by atoms with E-state index in [0.29, 0.717) is 5.88 Å². The highest BCUT2D eigenvalue weighted by Gasteiger charge is 2.31. The van der Waals surface area contributed by atoms with Crippen molar-refractivity contribution in [3.63, 3.8) is 0 Å². The summed E-state index contributed by atoms with van der Waals surface area (Å²) in [6.45, 7) is 3.56. The lowest BCUT2D eigenvalue weighted by molar-refractivity contribution is -0.126. The van der Waals surface area contributed by atoms with Gasteiger partial charge in [0.15, 0.2) is 0 Å². The molecule has 8 heteroatoms. The van der Waals surface area contributed by atoms with Gasteiger partial charge in [-0.15, -0.1) is 0 Å². The summed E-state index contributed by atoms with van der Waals surface area (Å²) in [5.74, 6) is 0.493. The summed E-state index contributed by atoms with van der Waals surface area (Å²) in [5, 5.41) is 8.54. The number of ether oxygens (including phenoxy) is 1. The first-order valence-corrected chi connectivity index (χ1v) is 8.94. The van der Waals surface area contributed by atoms with Gasteiger partial charge in [0.2, 0.25) is 11.8 Å². The number of carbonyl (C=O) groups excluding carboxylic acids is 1. The molecule has 0 bridgehead atoms. The first kappa shape index (κ1) is 17.3. The number of carbonyl (C=O) groups is 1.